The van der Waals surface area contributed by atoms with Gasteiger partial charge >= 0.3 is 0 Å². The molecule has 1 aliphatic heterocycles. The third kappa shape index (κ3) is 6.27. The highest BCUT2D eigenvalue weighted by Gasteiger charge is 2.29. The van der Waals surface area contributed by atoms with Crippen LogP contribution in [-0.2, 0) is 0 Å². The molecule has 1 N–H and O–H groups in total. The van der Waals surface area contributed by atoms with Gasteiger partial charge in [0.05, 0.1) is 0 Å². The van der Waals surface area contributed by atoms with Crippen LogP contribution < -0.4 is 5.32 Å². The van der Waals surface area contributed by atoms with Gasteiger partial charge in [-0.1, -0.05) is 53.4 Å². The van der Waals surface area contributed by atoms with Crippen molar-refractivity contribution in [2.45, 2.75) is 85.2 Å². The summed E-state index contributed by atoms with van der Waals surface area (Å²) >= 11 is 0. The van der Waals surface area contributed by atoms with Crippen molar-refractivity contribution in [2.75, 3.05) is 19.6 Å². The van der Waals surface area contributed by atoms with Crippen LogP contribution in [0.4, 0.5) is 0 Å². The average Bonchev–Trinajstić information content (AvgIpc) is 2.33. The molecule has 2 unspecified atom stereocenters. The standard InChI is InChI=1S/C17H36N2/c1-6-8-9-11-17(4,5)14-19-13-16(10-7-2)18-12-15(19)3/h15-16,18H,6-14H2,1-5H3. The first-order valence-electron chi connectivity index (χ1n) is 8.46. The maximum Gasteiger partial charge on any atom is 0.0195 e. The fourth-order valence-electron chi connectivity index (χ4n) is 3.24. The van der Waals surface area contributed by atoms with Crippen molar-refractivity contribution in [3.05, 3.63) is 0 Å². The number of nitrogens with zero attached hydrogens (tertiary/aromatic N) is 1. The minimum absolute atomic E-state index is 0.470. The Balaban J connectivity index is 2.43. The zero-order valence-corrected chi connectivity index (χ0v) is 14.0. The van der Waals surface area contributed by atoms with Crippen LogP contribution in [0, 0.1) is 5.41 Å². The fourth-order valence-corrected chi connectivity index (χ4v) is 3.24. The van der Waals surface area contributed by atoms with E-state index in [0.717, 1.165) is 6.54 Å². The van der Waals surface area contributed by atoms with Gasteiger partial charge < -0.3 is 5.32 Å². The van der Waals surface area contributed by atoms with E-state index in [2.05, 4.69) is 44.8 Å². The Labute approximate surface area is 121 Å². The van der Waals surface area contributed by atoms with E-state index in [1.807, 2.05) is 0 Å². The van der Waals surface area contributed by atoms with Crippen LogP contribution in [0.5, 0.6) is 0 Å². The van der Waals surface area contributed by atoms with E-state index in [1.165, 1.54) is 51.6 Å². The zero-order chi connectivity index (χ0) is 14.3. The van der Waals surface area contributed by atoms with E-state index >= 15 is 0 Å². The van der Waals surface area contributed by atoms with Crippen LogP contribution in [0.3, 0.4) is 0 Å². The third-order valence-electron chi connectivity index (χ3n) is 4.51. The van der Waals surface area contributed by atoms with Crippen LogP contribution in [0.2, 0.25) is 0 Å². The van der Waals surface area contributed by atoms with Gasteiger partial charge in [-0.2, -0.15) is 0 Å². The predicted octanol–water partition coefficient (Wildman–Crippen LogP) is 4.06. The second-order valence-corrected chi connectivity index (χ2v) is 7.29. The molecule has 0 amide bonds. The highest BCUT2D eigenvalue weighted by atomic mass is 15.2. The van der Waals surface area contributed by atoms with Crippen molar-refractivity contribution in [1.82, 2.24) is 10.2 Å². The molecular weight excluding hydrogens is 232 g/mol. The van der Waals surface area contributed by atoms with Crippen LogP contribution in [0.1, 0.15) is 73.1 Å². The Morgan fingerprint density at radius 1 is 1.16 bits per heavy atom. The molecule has 0 radical (unpaired) electrons. The maximum absolute atomic E-state index is 3.70. The summed E-state index contributed by atoms with van der Waals surface area (Å²) in [6.45, 7) is 15.5. The summed E-state index contributed by atoms with van der Waals surface area (Å²) in [6.07, 6.45) is 8.09. The normalized spacial score (nSPS) is 25.7. The van der Waals surface area contributed by atoms with E-state index < -0.39 is 0 Å². The molecule has 2 heteroatoms. The molecular formula is C17H36N2. The SMILES string of the molecule is CCCCCC(C)(C)CN1CC(CCC)NCC1C. The lowest BCUT2D eigenvalue weighted by atomic mass is 9.85. The number of nitrogens with one attached hydrogen (secondary N) is 1. The molecule has 1 rings (SSSR count). The van der Waals surface area contributed by atoms with Gasteiger partial charge in [-0.05, 0) is 25.2 Å². The maximum atomic E-state index is 3.70. The number of rotatable bonds is 8. The van der Waals surface area contributed by atoms with Crippen LogP contribution in [0.25, 0.3) is 0 Å². The van der Waals surface area contributed by atoms with Crippen LogP contribution in [-0.4, -0.2) is 36.6 Å². The quantitative estimate of drug-likeness (QED) is 0.668. The van der Waals surface area contributed by atoms with Gasteiger partial charge in [0.15, 0.2) is 0 Å². The van der Waals surface area contributed by atoms with E-state index in [-0.39, 0.29) is 0 Å². The summed E-state index contributed by atoms with van der Waals surface area (Å²) in [7, 11) is 0. The van der Waals surface area contributed by atoms with Crippen molar-refractivity contribution in [1.29, 1.82) is 0 Å². The first kappa shape index (κ1) is 17.0. The van der Waals surface area contributed by atoms with Gasteiger partial charge in [0.1, 0.15) is 0 Å². The summed E-state index contributed by atoms with van der Waals surface area (Å²) in [4.78, 5) is 2.72. The topological polar surface area (TPSA) is 15.3 Å². The fraction of sp³-hybridized carbons (Fsp3) is 1.00. The first-order chi connectivity index (χ1) is 8.98. The highest BCUT2D eigenvalue weighted by molar-refractivity contribution is 4.86. The van der Waals surface area contributed by atoms with E-state index in [4.69, 9.17) is 0 Å². The van der Waals surface area contributed by atoms with Crippen LogP contribution >= 0.6 is 0 Å². The van der Waals surface area contributed by atoms with Gasteiger partial charge in [-0.25, -0.2) is 0 Å². The lowest BCUT2D eigenvalue weighted by Crippen LogP contribution is -2.57. The Kier molecular flexibility index (Phi) is 7.38. The van der Waals surface area contributed by atoms with Crippen molar-refractivity contribution in [3.63, 3.8) is 0 Å². The molecule has 1 fully saturated rings. The zero-order valence-electron chi connectivity index (χ0n) is 14.0. The van der Waals surface area contributed by atoms with Crippen molar-refractivity contribution < 1.29 is 0 Å². The molecule has 19 heavy (non-hydrogen) atoms. The minimum atomic E-state index is 0.470. The summed E-state index contributed by atoms with van der Waals surface area (Å²) in [5, 5.41) is 3.70. The predicted molar refractivity (Wildman–Crippen MR) is 85.7 cm³/mol. The Morgan fingerprint density at radius 2 is 1.89 bits per heavy atom. The average molecular weight is 268 g/mol. The molecule has 1 aliphatic rings. The molecule has 0 aromatic heterocycles. The Bertz CT molecular complexity index is 237. The molecule has 0 aromatic rings. The molecule has 1 heterocycles. The van der Waals surface area contributed by atoms with Crippen molar-refractivity contribution >= 4 is 0 Å². The smallest absolute Gasteiger partial charge is 0.0195 e. The van der Waals surface area contributed by atoms with Crippen molar-refractivity contribution in [3.8, 4) is 0 Å². The molecule has 1 saturated heterocycles. The van der Waals surface area contributed by atoms with Gasteiger partial charge in [0.2, 0.25) is 0 Å². The molecule has 2 atom stereocenters. The minimum Gasteiger partial charge on any atom is -0.311 e. The van der Waals surface area contributed by atoms with Crippen LogP contribution in [0.15, 0.2) is 0 Å². The molecule has 0 aliphatic carbocycles. The lowest BCUT2D eigenvalue weighted by molar-refractivity contribution is 0.0851. The first-order valence-corrected chi connectivity index (χ1v) is 8.46. The van der Waals surface area contributed by atoms with Gasteiger partial charge in [0.25, 0.3) is 0 Å². The third-order valence-corrected chi connectivity index (χ3v) is 4.51. The Hall–Kier alpha value is -0.0800. The summed E-state index contributed by atoms with van der Waals surface area (Å²) < 4.78 is 0. The summed E-state index contributed by atoms with van der Waals surface area (Å²) in [5.74, 6) is 0. The summed E-state index contributed by atoms with van der Waals surface area (Å²) in [5.41, 5.74) is 0.470. The lowest BCUT2D eigenvalue weighted by Gasteiger charge is -2.43. The summed E-state index contributed by atoms with van der Waals surface area (Å²) in [6, 6.07) is 1.41. The molecule has 114 valence electrons. The molecule has 0 spiro atoms. The number of hydrogen-bond donors (Lipinski definition) is 1. The van der Waals surface area contributed by atoms with E-state index in [1.54, 1.807) is 0 Å². The second kappa shape index (κ2) is 8.26. The van der Waals surface area contributed by atoms with Gasteiger partial charge in [0, 0.05) is 31.7 Å². The number of unbranched alkanes of at least 4 members (excludes halogenated alkanes) is 2. The molecule has 0 bridgehead atoms. The largest absolute Gasteiger partial charge is 0.311 e. The molecule has 2 nitrogen and oxygen atoms in total. The highest BCUT2D eigenvalue weighted by Crippen LogP contribution is 2.27. The van der Waals surface area contributed by atoms with E-state index in [0.29, 0.717) is 17.5 Å². The van der Waals surface area contributed by atoms with Gasteiger partial charge in [-0.15, -0.1) is 0 Å². The monoisotopic (exact) mass is 268 g/mol. The van der Waals surface area contributed by atoms with Gasteiger partial charge in [-0.3, -0.25) is 4.90 Å². The number of piperazine rings is 1. The Morgan fingerprint density at radius 3 is 2.53 bits per heavy atom. The number of hydrogen-bond acceptors (Lipinski definition) is 2. The molecule has 0 aromatic carbocycles. The molecule has 0 saturated carbocycles. The van der Waals surface area contributed by atoms with Crippen molar-refractivity contribution in [2.24, 2.45) is 5.41 Å². The van der Waals surface area contributed by atoms with E-state index in [9.17, 15) is 0 Å². The second-order valence-electron chi connectivity index (χ2n) is 7.29.